The van der Waals surface area contributed by atoms with Crippen molar-refractivity contribution >= 4 is 29.2 Å². The normalized spacial score (nSPS) is 19.1. The summed E-state index contributed by atoms with van der Waals surface area (Å²) in [4.78, 5) is 12.1. The Hall–Kier alpha value is -2.08. The second kappa shape index (κ2) is 9.82. The average molecular weight is 440 g/mol. The van der Waals surface area contributed by atoms with E-state index in [1.807, 2.05) is 42.1 Å². The zero-order valence-electron chi connectivity index (χ0n) is 17.3. The Morgan fingerprint density at radius 2 is 1.67 bits per heavy atom. The second-order valence-corrected chi connectivity index (χ2v) is 9.11. The van der Waals surface area contributed by atoms with Crippen LogP contribution < -0.4 is 4.90 Å². The molecule has 1 fully saturated rings. The van der Waals surface area contributed by atoms with Crippen LogP contribution in [0, 0.1) is 0 Å². The molecule has 2 aromatic carbocycles. The summed E-state index contributed by atoms with van der Waals surface area (Å²) in [6.07, 6.45) is 0.373. The first kappa shape index (κ1) is 21.2. The van der Waals surface area contributed by atoms with Crippen molar-refractivity contribution < 1.29 is 4.74 Å². The molecule has 0 bridgehead atoms. The van der Waals surface area contributed by atoms with E-state index in [4.69, 9.17) is 26.3 Å². The molecule has 1 aromatic heterocycles. The predicted octanol–water partition coefficient (Wildman–Crippen LogP) is 5.84. The zero-order chi connectivity index (χ0) is 20.9. The van der Waals surface area contributed by atoms with E-state index in [1.54, 1.807) is 0 Å². The largest absolute Gasteiger partial charge is 0.372 e. The molecule has 0 aliphatic carbocycles. The van der Waals surface area contributed by atoms with Crippen LogP contribution in [0.1, 0.15) is 25.1 Å². The number of rotatable bonds is 6. The molecule has 156 valence electrons. The van der Waals surface area contributed by atoms with Crippen molar-refractivity contribution in [3.63, 3.8) is 0 Å². The van der Waals surface area contributed by atoms with Crippen molar-refractivity contribution in [3.05, 3.63) is 76.9 Å². The van der Waals surface area contributed by atoms with E-state index in [0.717, 1.165) is 52.5 Å². The second-order valence-electron chi connectivity index (χ2n) is 7.69. The molecule has 0 radical (unpaired) electrons. The van der Waals surface area contributed by atoms with Crippen LogP contribution >= 0.6 is 23.4 Å². The highest BCUT2D eigenvalue weighted by Crippen LogP contribution is 2.26. The molecule has 30 heavy (non-hydrogen) atoms. The number of anilines is 1. The molecule has 2 atom stereocenters. The van der Waals surface area contributed by atoms with Crippen LogP contribution in [0.4, 0.5) is 5.82 Å². The van der Waals surface area contributed by atoms with Crippen LogP contribution in [0.2, 0.25) is 5.02 Å². The third-order valence-electron chi connectivity index (χ3n) is 4.97. The molecule has 4 nitrogen and oxygen atoms in total. The van der Waals surface area contributed by atoms with Crippen molar-refractivity contribution in [2.75, 3.05) is 18.0 Å². The fourth-order valence-corrected chi connectivity index (χ4v) is 4.67. The Labute approximate surface area is 187 Å². The third-order valence-corrected chi connectivity index (χ3v) is 6.26. The minimum Gasteiger partial charge on any atom is -0.372 e. The third kappa shape index (κ3) is 5.54. The standard InChI is InChI=1S/C24H26ClN3OS/c1-17-13-28(14-18(2)29-17)23-12-22(16-30-15-19-8-10-21(25)11-9-19)26-24(27-23)20-6-4-3-5-7-20/h3-12,17-18H,13-16H2,1-2H3/t17-,18+. The molecule has 0 amide bonds. The van der Waals surface area contributed by atoms with Gasteiger partial charge in [-0.25, -0.2) is 9.97 Å². The summed E-state index contributed by atoms with van der Waals surface area (Å²) in [6, 6.07) is 20.4. The molecule has 3 aromatic rings. The van der Waals surface area contributed by atoms with Crippen molar-refractivity contribution in [1.29, 1.82) is 0 Å². The fraction of sp³-hybridized carbons (Fsp3) is 0.333. The summed E-state index contributed by atoms with van der Waals surface area (Å²) >= 11 is 7.84. The maximum Gasteiger partial charge on any atom is 0.161 e. The Kier molecular flexibility index (Phi) is 6.93. The van der Waals surface area contributed by atoms with Gasteiger partial charge in [-0.3, -0.25) is 0 Å². The number of halogens is 1. The lowest BCUT2D eigenvalue weighted by atomic mass is 10.2. The Morgan fingerprint density at radius 3 is 2.37 bits per heavy atom. The molecule has 0 unspecified atom stereocenters. The highest BCUT2D eigenvalue weighted by Gasteiger charge is 2.24. The van der Waals surface area contributed by atoms with E-state index in [1.165, 1.54) is 5.56 Å². The summed E-state index contributed by atoms with van der Waals surface area (Å²) in [5.41, 5.74) is 3.35. The zero-order valence-corrected chi connectivity index (χ0v) is 18.9. The van der Waals surface area contributed by atoms with Crippen LogP contribution in [-0.2, 0) is 16.2 Å². The molecule has 0 spiro atoms. The van der Waals surface area contributed by atoms with Crippen molar-refractivity contribution in [3.8, 4) is 11.4 Å². The summed E-state index contributed by atoms with van der Waals surface area (Å²) < 4.78 is 5.91. The number of aromatic nitrogens is 2. The van der Waals surface area contributed by atoms with E-state index in [2.05, 4.69) is 49.1 Å². The fourth-order valence-electron chi connectivity index (χ4n) is 3.65. The van der Waals surface area contributed by atoms with E-state index < -0.39 is 0 Å². The molecule has 1 saturated heterocycles. The number of thioether (sulfide) groups is 1. The topological polar surface area (TPSA) is 38.2 Å². The summed E-state index contributed by atoms with van der Waals surface area (Å²) in [5.74, 6) is 3.51. The maximum atomic E-state index is 5.99. The molecule has 0 N–H and O–H groups in total. The first-order chi connectivity index (χ1) is 14.6. The first-order valence-electron chi connectivity index (χ1n) is 10.2. The molecule has 1 aliphatic heterocycles. The van der Waals surface area contributed by atoms with Gasteiger partial charge in [0.25, 0.3) is 0 Å². The van der Waals surface area contributed by atoms with Gasteiger partial charge in [0.05, 0.1) is 17.9 Å². The number of nitrogens with zero attached hydrogens (tertiary/aromatic N) is 3. The van der Waals surface area contributed by atoms with Crippen LogP contribution in [0.25, 0.3) is 11.4 Å². The molecule has 6 heteroatoms. The van der Waals surface area contributed by atoms with Gasteiger partial charge < -0.3 is 9.64 Å². The molecule has 0 saturated carbocycles. The molecule has 2 heterocycles. The van der Waals surface area contributed by atoms with Gasteiger partial charge in [-0.1, -0.05) is 54.1 Å². The smallest absolute Gasteiger partial charge is 0.161 e. The highest BCUT2D eigenvalue weighted by atomic mass is 35.5. The van der Waals surface area contributed by atoms with Crippen LogP contribution in [0.15, 0.2) is 60.7 Å². The van der Waals surface area contributed by atoms with Gasteiger partial charge in [0.15, 0.2) is 5.82 Å². The van der Waals surface area contributed by atoms with Gasteiger partial charge in [-0.05, 0) is 31.5 Å². The lowest BCUT2D eigenvalue weighted by Gasteiger charge is -2.36. The minimum absolute atomic E-state index is 0.187. The monoisotopic (exact) mass is 439 g/mol. The minimum atomic E-state index is 0.187. The van der Waals surface area contributed by atoms with E-state index in [-0.39, 0.29) is 12.2 Å². The van der Waals surface area contributed by atoms with Crippen LogP contribution in [-0.4, -0.2) is 35.3 Å². The van der Waals surface area contributed by atoms with E-state index >= 15 is 0 Å². The maximum absolute atomic E-state index is 5.99. The van der Waals surface area contributed by atoms with Gasteiger partial charge in [-0.15, -0.1) is 0 Å². The molecule has 4 rings (SSSR count). The van der Waals surface area contributed by atoms with Gasteiger partial charge in [-0.2, -0.15) is 11.8 Å². The lowest BCUT2D eigenvalue weighted by molar-refractivity contribution is -0.00546. The van der Waals surface area contributed by atoms with Crippen molar-refractivity contribution in [1.82, 2.24) is 9.97 Å². The van der Waals surface area contributed by atoms with Crippen LogP contribution in [0.5, 0.6) is 0 Å². The Morgan fingerprint density at radius 1 is 0.967 bits per heavy atom. The van der Waals surface area contributed by atoms with Crippen molar-refractivity contribution in [2.45, 2.75) is 37.6 Å². The summed E-state index contributed by atoms with van der Waals surface area (Å²) in [7, 11) is 0. The molecular formula is C24H26ClN3OS. The Bertz CT molecular complexity index is 958. The quantitative estimate of drug-likeness (QED) is 0.482. The van der Waals surface area contributed by atoms with Gasteiger partial charge in [0.2, 0.25) is 0 Å². The number of benzene rings is 2. The first-order valence-corrected chi connectivity index (χ1v) is 11.8. The van der Waals surface area contributed by atoms with Gasteiger partial charge in [0, 0.05) is 41.2 Å². The van der Waals surface area contributed by atoms with Gasteiger partial charge >= 0.3 is 0 Å². The number of ether oxygens (including phenoxy) is 1. The Balaban J connectivity index is 1.56. The number of hydrogen-bond acceptors (Lipinski definition) is 5. The van der Waals surface area contributed by atoms with E-state index in [9.17, 15) is 0 Å². The average Bonchev–Trinajstić information content (AvgIpc) is 2.75. The summed E-state index contributed by atoms with van der Waals surface area (Å²) in [5, 5.41) is 0.769. The lowest BCUT2D eigenvalue weighted by Crippen LogP contribution is -2.46. The van der Waals surface area contributed by atoms with E-state index in [0.29, 0.717) is 0 Å². The number of morpholine rings is 1. The predicted molar refractivity (Wildman–Crippen MR) is 126 cm³/mol. The van der Waals surface area contributed by atoms with Gasteiger partial charge in [0.1, 0.15) is 5.82 Å². The SMILES string of the molecule is C[C@@H]1CN(c2cc(CSCc3ccc(Cl)cc3)nc(-c3ccccc3)n2)C[C@H](C)O1. The number of hydrogen-bond donors (Lipinski definition) is 0. The molecule has 1 aliphatic rings. The van der Waals surface area contributed by atoms with Crippen LogP contribution in [0.3, 0.4) is 0 Å². The van der Waals surface area contributed by atoms with Crippen molar-refractivity contribution in [2.24, 2.45) is 0 Å². The molecular weight excluding hydrogens is 414 g/mol. The highest BCUT2D eigenvalue weighted by molar-refractivity contribution is 7.97. The summed E-state index contributed by atoms with van der Waals surface area (Å²) in [6.45, 7) is 5.91.